The van der Waals surface area contributed by atoms with Crippen molar-refractivity contribution < 1.29 is 4.79 Å². The first-order valence-corrected chi connectivity index (χ1v) is 9.82. The van der Waals surface area contributed by atoms with Crippen molar-refractivity contribution in [1.82, 2.24) is 9.78 Å². The summed E-state index contributed by atoms with van der Waals surface area (Å²) < 4.78 is 2.82. The highest BCUT2D eigenvalue weighted by molar-refractivity contribution is 9.10. The number of halogens is 2. The Kier molecular flexibility index (Phi) is 4.56. The van der Waals surface area contributed by atoms with E-state index in [4.69, 9.17) is 11.6 Å². The van der Waals surface area contributed by atoms with Gasteiger partial charge in [0.05, 0.1) is 16.3 Å². The molecule has 0 radical (unpaired) electrons. The summed E-state index contributed by atoms with van der Waals surface area (Å²) in [7, 11) is 0. The largest absolute Gasteiger partial charge is 0.321 e. The summed E-state index contributed by atoms with van der Waals surface area (Å²) in [6.07, 6.45) is 0. The van der Waals surface area contributed by atoms with Crippen molar-refractivity contribution >= 4 is 60.7 Å². The van der Waals surface area contributed by atoms with Crippen LogP contribution in [-0.4, -0.2) is 15.7 Å². The van der Waals surface area contributed by atoms with E-state index < -0.39 is 0 Å². The molecule has 0 aliphatic carbocycles. The van der Waals surface area contributed by atoms with Gasteiger partial charge in [-0.25, -0.2) is 4.68 Å². The number of benzene rings is 2. The third-order valence-electron chi connectivity index (χ3n) is 3.94. The van der Waals surface area contributed by atoms with E-state index in [2.05, 4.69) is 26.3 Å². The molecule has 4 nitrogen and oxygen atoms in total. The number of aryl methyl sites for hydroxylation is 1. The van der Waals surface area contributed by atoms with Crippen molar-refractivity contribution in [2.24, 2.45) is 0 Å². The Bertz CT molecular complexity index is 1100. The maximum Gasteiger partial charge on any atom is 0.265 e. The Morgan fingerprint density at radius 1 is 1.15 bits per heavy atom. The molecule has 0 aliphatic rings. The molecule has 130 valence electrons. The molecule has 1 N–H and O–H groups in total. The van der Waals surface area contributed by atoms with Crippen LogP contribution in [0.1, 0.15) is 15.4 Å². The van der Waals surface area contributed by atoms with Crippen LogP contribution in [0.4, 0.5) is 5.69 Å². The molecular formula is C19H13BrClN3OS. The molecule has 0 atom stereocenters. The average molecular weight is 447 g/mol. The first kappa shape index (κ1) is 17.3. The fourth-order valence-corrected chi connectivity index (χ4v) is 4.11. The lowest BCUT2D eigenvalue weighted by Gasteiger charge is -2.04. The number of thiophene rings is 1. The van der Waals surface area contributed by atoms with Gasteiger partial charge in [-0.2, -0.15) is 5.10 Å². The van der Waals surface area contributed by atoms with E-state index in [1.165, 1.54) is 11.3 Å². The molecule has 1 amide bonds. The van der Waals surface area contributed by atoms with E-state index in [1.807, 2.05) is 66.2 Å². The number of hydrogen-bond donors (Lipinski definition) is 1. The zero-order valence-electron chi connectivity index (χ0n) is 13.7. The number of rotatable bonds is 3. The zero-order chi connectivity index (χ0) is 18.3. The second-order valence-electron chi connectivity index (χ2n) is 5.76. The Morgan fingerprint density at radius 3 is 2.54 bits per heavy atom. The molecule has 2 aromatic heterocycles. The Labute approximate surface area is 167 Å². The normalized spacial score (nSPS) is 11.0. The van der Waals surface area contributed by atoms with E-state index in [1.54, 1.807) is 0 Å². The molecule has 2 aromatic carbocycles. The molecule has 0 bridgehead atoms. The lowest BCUT2D eigenvalue weighted by Crippen LogP contribution is -2.09. The van der Waals surface area contributed by atoms with Gasteiger partial charge in [0.15, 0.2) is 0 Å². The average Bonchev–Trinajstić information content (AvgIpc) is 3.19. The highest BCUT2D eigenvalue weighted by Gasteiger charge is 2.17. The zero-order valence-corrected chi connectivity index (χ0v) is 16.8. The Balaban J connectivity index is 1.69. The van der Waals surface area contributed by atoms with Crippen molar-refractivity contribution in [3.8, 4) is 5.69 Å². The molecule has 0 saturated carbocycles. The van der Waals surface area contributed by atoms with Crippen LogP contribution in [0.2, 0.25) is 5.02 Å². The van der Waals surface area contributed by atoms with Crippen molar-refractivity contribution in [1.29, 1.82) is 0 Å². The monoisotopic (exact) mass is 445 g/mol. The summed E-state index contributed by atoms with van der Waals surface area (Å²) in [5.41, 5.74) is 2.55. The van der Waals surface area contributed by atoms with E-state index in [9.17, 15) is 4.79 Å². The predicted molar refractivity (Wildman–Crippen MR) is 111 cm³/mol. The topological polar surface area (TPSA) is 46.9 Å². The van der Waals surface area contributed by atoms with Gasteiger partial charge in [-0.3, -0.25) is 4.79 Å². The maximum absolute atomic E-state index is 12.6. The van der Waals surface area contributed by atoms with Crippen molar-refractivity contribution in [2.75, 3.05) is 5.32 Å². The van der Waals surface area contributed by atoms with Gasteiger partial charge in [0.2, 0.25) is 0 Å². The number of hydrogen-bond acceptors (Lipinski definition) is 3. The number of amides is 1. The molecule has 0 unspecified atom stereocenters. The fraction of sp³-hybridized carbons (Fsp3) is 0.0526. The van der Waals surface area contributed by atoms with Crippen LogP contribution in [0.25, 0.3) is 15.9 Å². The summed E-state index contributed by atoms with van der Waals surface area (Å²) in [6, 6.07) is 16.9. The summed E-state index contributed by atoms with van der Waals surface area (Å²) >= 11 is 10.8. The highest BCUT2D eigenvalue weighted by atomic mass is 79.9. The number of carbonyl (C=O) groups is 1. The quantitative estimate of drug-likeness (QED) is 0.415. The second kappa shape index (κ2) is 6.87. The lowest BCUT2D eigenvalue weighted by molar-refractivity contribution is 0.103. The molecule has 26 heavy (non-hydrogen) atoms. The second-order valence-corrected chi connectivity index (χ2v) is 8.15. The van der Waals surface area contributed by atoms with Gasteiger partial charge in [0.1, 0.15) is 4.83 Å². The molecule has 4 rings (SSSR count). The fourth-order valence-electron chi connectivity index (χ4n) is 2.64. The number of anilines is 1. The van der Waals surface area contributed by atoms with Crippen LogP contribution in [0.3, 0.4) is 0 Å². The van der Waals surface area contributed by atoms with Crippen LogP contribution in [0, 0.1) is 6.92 Å². The lowest BCUT2D eigenvalue weighted by atomic mass is 10.3. The molecule has 2 heterocycles. The summed E-state index contributed by atoms with van der Waals surface area (Å²) in [5, 5.41) is 9.17. The Morgan fingerprint density at radius 2 is 1.85 bits per heavy atom. The molecule has 0 spiro atoms. The van der Waals surface area contributed by atoms with Crippen LogP contribution in [0.15, 0.2) is 59.1 Å². The molecule has 0 saturated heterocycles. The Hall–Kier alpha value is -2.15. The SMILES string of the molecule is Cc1nn(-c2ccc(Cl)cc2)c2sc(C(=O)Nc3ccc(Br)cc3)cc12. The number of aromatic nitrogens is 2. The van der Waals surface area contributed by atoms with Gasteiger partial charge in [-0.1, -0.05) is 27.5 Å². The summed E-state index contributed by atoms with van der Waals surface area (Å²) in [6.45, 7) is 1.94. The van der Waals surface area contributed by atoms with Crippen molar-refractivity contribution in [2.45, 2.75) is 6.92 Å². The molecule has 0 aliphatic heterocycles. The molecular weight excluding hydrogens is 434 g/mol. The minimum atomic E-state index is -0.129. The summed E-state index contributed by atoms with van der Waals surface area (Å²) in [4.78, 5) is 14.2. The predicted octanol–water partition coefficient (Wildman–Crippen LogP) is 6.06. The van der Waals surface area contributed by atoms with Crippen LogP contribution < -0.4 is 5.32 Å². The van der Waals surface area contributed by atoms with E-state index in [0.717, 1.165) is 31.8 Å². The van der Waals surface area contributed by atoms with Gasteiger partial charge in [-0.15, -0.1) is 11.3 Å². The number of fused-ring (bicyclic) bond motifs is 1. The van der Waals surface area contributed by atoms with Gasteiger partial charge >= 0.3 is 0 Å². The van der Waals surface area contributed by atoms with Crippen molar-refractivity contribution in [3.63, 3.8) is 0 Å². The molecule has 7 heteroatoms. The van der Waals surface area contributed by atoms with Crippen LogP contribution in [0.5, 0.6) is 0 Å². The van der Waals surface area contributed by atoms with Crippen molar-refractivity contribution in [3.05, 3.63) is 74.7 Å². The van der Waals surface area contributed by atoms with Crippen LogP contribution in [-0.2, 0) is 0 Å². The number of nitrogens with one attached hydrogen (secondary N) is 1. The van der Waals surface area contributed by atoms with E-state index in [0.29, 0.717) is 9.90 Å². The maximum atomic E-state index is 12.6. The number of nitrogens with zero attached hydrogens (tertiary/aromatic N) is 2. The van der Waals surface area contributed by atoms with E-state index >= 15 is 0 Å². The minimum absolute atomic E-state index is 0.129. The van der Waals surface area contributed by atoms with Crippen LogP contribution >= 0.6 is 38.9 Å². The van der Waals surface area contributed by atoms with Gasteiger partial charge in [0, 0.05) is 20.6 Å². The first-order valence-electron chi connectivity index (χ1n) is 7.83. The highest BCUT2D eigenvalue weighted by Crippen LogP contribution is 2.31. The van der Waals surface area contributed by atoms with Gasteiger partial charge < -0.3 is 5.32 Å². The van der Waals surface area contributed by atoms with Gasteiger partial charge in [-0.05, 0) is 61.5 Å². The third kappa shape index (κ3) is 3.28. The first-order chi connectivity index (χ1) is 12.5. The van der Waals surface area contributed by atoms with Gasteiger partial charge in [0.25, 0.3) is 5.91 Å². The smallest absolute Gasteiger partial charge is 0.265 e. The van der Waals surface area contributed by atoms with E-state index in [-0.39, 0.29) is 5.91 Å². The standard InChI is InChI=1S/C19H13BrClN3OS/c1-11-16-10-17(18(25)22-14-6-2-12(20)3-7-14)26-19(16)24(23-11)15-8-4-13(21)5-9-15/h2-10H,1H3,(H,22,25). The minimum Gasteiger partial charge on any atom is -0.321 e. The molecule has 4 aromatic rings. The summed E-state index contributed by atoms with van der Waals surface area (Å²) in [5.74, 6) is -0.129. The number of carbonyl (C=O) groups excluding carboxylic acids is 1. The third-order valence-corrected chi connectivity index (χ3v) is 5.83. The molecule has 0 fully saturated rings.